The van der Waals surface area contributed by atoms with E-state index in [1.165, 1.54) is 5.56 Å². The van der Waals surface area contributed by atoms with Crippen LogP contribution < -0.4 is 4.74 Å². The smallest absolute Gasteiger partial charge is 0.225 e. The second-order valence-electron chi connectivity index (χ2n) is 8.56. The summed E-state index contributed by atoms with van der Waals surface area (Å²) in [7, 11) is 4.19. The van der Waals surface area contributed by atoms with Gasteiger partial charge >= 0.3 is 0 Å². The van der Waals surface area contributed by atoms with E-state index in [0.717, 1.165) is 50.9 Å². The summed E-state index contributed by atoms with van der Waals surface area (Å²) in [5.74, 6) is 2.27. The number of ether oxygens (including phenoxy) is 1. The van der Waals surface area contributed by atoms with Crippen LogP contribution in [0.5, 0.6) is 5.75 Å². The van der Waals surface area contributed by atoms with E-state index in [2.05, 4.69) is 43.1 Å². The number of carbonyl (C=O) groups is 1. The highest BCUT2D eigenvalue weighted by molar-refractivity contribution is 5.81. The molecule has 0 radical (unpaired) electrons. The number of amides is 1. The van der Waals surface area contributed by atoms with Crippen molar-refractivity contribution in [3.05, 3.63) is 29.8 Å². The van der Waals surface area contributed by atoms with Gasteiger partial charge in [0.1, 0.15) is 11.4 Å². The number of hydrogen-bond acceptors (Lipinski definition) is 3. The van der Waals surface area contributed by atoms with Crippen LogP contribution in [0, 0.1) is 11.8 Å². The molecule has 0 unspecified atom stereocenters. The van der Waals surface area contributed by atoms with E-state index in [-0.39, 0.29) is 11.5 Å². The maximum absolute atomic E-state index is 12.5. The molecule has 4 heteroatoms. The molecule has 3 aliphatic rings. The van der Waals surface area contributed by atoms with Crippen molar-refractivity contribution in [2.75, 3.05) is 20.6 Å². The van der Waals surface area contributed by atoms with Crippen LogP contribution >= 0.6 is 0 Å². The first-order chi connectivity index (χ1) is 12.0. The third kappa shape index (κ3) is 3.29. The third-order valence-corrected chi connectivity index (χ3v) is 6.49. The van der Waals surface area contributed by atoms with Gasteiger partial charge in [-0.3, -0.25) is 9.69 Å². The SMILES string of the molecule is C[C@H]1C[C@@H]1C(=O)N(C)C1CCC2(CC1)CN(C)Cc1ccccc1O2. The van der Waals surface area contributed by atoms with Crippen molar-refractivity contribution < 1.29 is 9.53 Å². The van der Waals surface area contributed by atoms with E-state index in [1.807, 2.05) is 11.9 Å². The molecule has 4 nitrogen and oxygen atoms in total. The fourth-order valence-corrected chi connectivity index (χ4v) is 4.72. The third-order valence-electron chi connectivity index (χ3n) is 6.49. The van der Waals surface area contributed by atoms with Gasteiger partial charge in [-0.1, -0.05) is 25.1 Å². The minimum Gasteiger partial charge on any atom is -0.486 e. The van der Waals surface area contributed by atoms with E-state index in [4.69, 9.17) is 4.74 Å². The van der Waals surface area contributed by atoms with Gasteiger partial charge in [-0.15, -0.1) is 0 Å². The maximum atomic E-state index is 12.5. The van der Waals surface area contributed by atoms with Crippen LogP contribution in [-0.4, -0.2) is 48.0 Å². The molecular formula is C21H30N2O2. The lowest BCUT2D eigenvalue weighted by Gasteiger charge is -2.43. The Balaban J connectivity index is 1.44. The first-order valence-corrected chi connectivity index (χ1v) is 9.69. The lowest BCUT2D eigenvalue weighted by atomic mass is 9.81. The molecule has 0 bridgehead atoms. The first kappa shape index (κ1) is 16.9. The summed E-state index contributed by atoms with van der Waals surface area (Å²) in [6.45, 7) is 4.09. The highest BCUT2D eigenvalue weighted by atomic mass is 16.5. The molecule has 4 rings (SSSR count). The number of carbonyl (C=O) groups excluding carboxylic acids is 1. The van der Waals surface area contributed by atoms with Gasteiger partial charge in [0.15, 0.2) is 0 Å². The van der Waals surface area contributed by atoms with Crippen molar-refractivity contribution in [1.82, 2.24) is 9.80 Å². The van der Waals surface area contributed by atoms with Gasteiger partial charge in [0.05, 0.1) is 0 Å². The largest absolute Gasteiger partial charge is 0.486 e. The van der Waals surface area contributed by atoms with Crippen LogP contribution in [0.2, 0.25) is 0 Å². The van der Waals surface area contributed by atoms with Gasteiger partial charge in [0, 0.05) is 37.7 Å². The molecule has 136 valence electrons. The van der Waals surface area contributed by atoms with Crippen LogP contribution in [-0.2, 0) is 11.3 Å². The molecule has 0 N–H and O–H groups in total. The van der Waals surface area contributed by atoms with E-state index >= 15 is 0 Å². The Morgan fingerprint density at radius 1 is 1.28 bits per heavy atom. The molecule has 1 heterocycles. The van der Waals surface area contributed by atoms with E-state index in [0.29, 0.717) is 17.9 Å². The fourth-order valence-electron chi connectivity index (χ4n) is 4.72. The van der Waals surface area contributed by atoms with Gasteiger partial charge < -0.3 is 9.64 Å². The first-order valence-electron chi connectivity index (χ1n) is 9.69. The number of benzene rings is 1. The molecule has 2 saturated carbocycles. The summed E-state index contributed by atoms with van der Waals surface area (Å²) in [6, 6.07) is 8.79. The normalized spacial score (nSPS) is 34.8. The Kier molecular flexibility index (Phi) is 4.27. The second kappa shape index (κ2) is 6.31. The lowest BCUT2D eigenvalue weighted by molar-refractivity contribution is -0.135. The van der Waals surface area contributed by atoms with Gasteiger partial charge in [-0.2, -0.15) is 0 Å². The van der Waals surface area contributed by atoms with E-state index < -0.39 is 0 Å². The second-order valence-corrected chi connectivity index (χ2v) is 8.56. The van der Waals surface area contributed by atoms with Crippen molar-refractivity contribution >= 4 is 5.91 Å². The number of fused-ring (bicyclic) bond motifs is 1. The van der Waals surface area contributed by atoms with Crippen LogP contribution in [0.3, 0.4) is 0 Å². The average molecular weight is 342 g/mol. The van der Waals surface area contributed by atoms with Crippen molar-refractivity contribution in [2.24, 2.45) is 11.8 Å². The summed E-state index contributed by atoms with van der Waals surface area (Å²) >= 11 is 0. The molecule has 2 atom stereocenters. The summed E-state index contributed by atoms with van der Waals surface area (Å²) in [5, 5.41) is 0. The number of likely N-dealkylation sites (N-methyl/N-ethyl adjacent to an activating group) is 1. The highest BCUT2D eigenvalue weighted by Crippen LogP contribution is 2.42. The van der Waals surface area contributed by atoms with E-state index in [9.17, 15) is 4.79 Å². The fraction of sp³-hybridized carbons (Fsp3) is 0.667. The van der Waals surface area contributed by atoms with Crippen molar-refractivity contribution in [3.63, 3.8) is 0 Å². The summed E-state index contributed by atoms with van der Waals surface area (Å²) in [4.78, 5) is 17.0. The van der Waals surface area contributed by atoms with Crippen molar-refractivity contribution in [1.29, 1.82) is 0 Å². The molecule has 0 saturated heterocycles. The zero-order chi connectivity index (χ0) is 17.6. The predicted octanol–water partition coefficient (Wildman–Crippen LogP) is 3.31. The van der Waals surface area contributed by atoms with Gasteiger partial charge in [-0.25, -0.2) is 0 Å². The van der Waals surface area contributed by atoms with Crippen LogP contribution in [0.4, 0.5) is 0 Å². The molecule has 1 aliphatic heterocycles. The molecule has 1 aromatic rings. The zero-order valence-corrected chi connectivity index (χ0v) is 15.7. The quantitative estimate of drug-likeness (QED) is 0.827. The van der Waals surface area contributed by atoms with Crippen LogP contribution in [0.15, 0.2) is 24.3 Å². The standard InChI is InChI=1S/C21H30N2O2/c1-15-12-18(15)20(24)23(3)17-8-10-21(11-9-17)14-22(2)13-16-6-4-5-7-19(16)25-21/h4-7,15,17-18H,8-14H2,1-3H3/t15-,17?,18-,21?/m0/s1. The molecule has 0 aromatic heterocycles. The Labute approximate surface area is 151 Å². The molecule has 1 amide bonds. The highest BCUT2D eigenvalue weighted by Gasteiger charge is 2.45. The monoisotopic (exact) mass is 342 g/mol. The molecule has 1 aromatic carbocycles. The lowest BCUT2D eigenvalue weighted by Crippen LogP contribution is -2.51. The topological polar surface area (TPSA) is 32.8 Å². The van der Waals surface area contributed by atoms with Gasteiger partial charge in [-0.05, 0) is 51.1 Å². The molecule has 2 aliphatic carbocycles. The van der Waals surface area contributed by atoms with E-state index in [1.54, 1.807) is 0 Å². The Hall–Kier alpha value is -1.55. The van der Waals surface area contributed by atoms with Crippen LogP contribution in [0.25, 0.3) is 0 Å². The number of nitrogens with zero attached hydrogens (tertiary/aromatic N) is 2. The molecule has 2 fully saturated rings. The van der Waals surface area contributed by atoms with Crippen molar-refractivity contribution in [2.45, 2.75) is 57.2 Å². The minimum atomic E-state index is -0.103. The maximum Gasteiger partial charge on any atom is 0.225 e. The number of rotatable bonds is 2. The molecule has 1 spiro atoms. The number of hydrogen-bond donors (Lipinski definition) is 0. The van der Waals surface area contributed by atoms with Crippen LogP contribution in [0.1, 0.15) is 44.6 Å². The predicted molar refractivity (Wildman–Crippen MR) is 98.4 cm³/mol. The Morgan fingerprint density at radius 2 is 1.96 bits per heavy atom. The van der Waals surface area contributed by atoms with Gasteiger partial charge in [0.2, 0.25) is 5.91 Å². The van der Waals surface area contributed by atoms with Gasteiger partial charge in [0.25, 0.3) is 0 Å². The summed E-state index contributed by atoms with van der Waals surface area (Å²) < 4.78 is 6.58. The summed E-state index contributed by atoms with van der Waals surface area (Å²) in [5.41, 5.74) is 1.17. The average Bonchev–Trinajstić information content (AvgIpc) is 3.34. The summed E-state index contributed by atoms with van der Waals surface area (Å²) in [6.07, 6.45) is 5.20. The minimum absolute atomic E-state index is 0.103. The molecular weight excluding hydrogens is 312 g/mol. The van der Waals surface area contributed by atoms with Crippen molar-refractivity contribution in [3.8, 4) is 5.75 Å². The Bertz CT molecular complexity index is 651. The number of para-hydroxylation sites is 1. The molecule has 25 heavy (non-hydrogen) atoms. The zero-order valence-electron chi connectivity index (χ0n) is 15.7. The Morgan fingerprint density at radius 3 is 2.64 bits per heavy atom.